The molecule has 0 bridgehead atoms. The zero-order valence-corrected chi connectivity index (χ0v) is 17.9. The number of sulfonamides is 1. The molecule has 9 nitrogen and oxygen atoms in total. The first-order chi connectivity index (χ1) is 15.4. The zero-order valence-electron chi connectivity index (χ0n) is 17.1. The lowest BCUT2D eigenvalue weighted by Gasteiger charge is -2.34. The summed E-state index contributed by atoms with van der Waals surface area (Å²) in [5.41, 5.74) is 0.247. The number of aromatic amines is 1. The number of benzene rings is 2. The monoisotopic (exact) mass is 455 g/mol. The Labute approximate surface area is 184 Å². The van der Waals surface area contributed by atoms with E-state index in [9.17, 15) is 18.0 Å². The Morgan fingerprint density at radius 3 is 2.41 bits per heavy atom. The van der Waals surface area contributed by atoms with Gasteiger partial charge < -0.3 is 19.4 Å². The summed E-state index contributed by atoms with van der Waals surface area (Å²) in [5, 5.41) is 0.760. The highest BCUT2D eigenvalue weighted by atomic mass is 32.2. The third-order valence-electron chi connectivity index (χ3n) is 5.66. The summed E-state index contributed by atoms with van der Waals surface area (Å²) in [7, 11) is -3.75. The molecule has 0 unspecified atom stereocenters. The number of H-pyrrole nitrogens is 1. The maximum Gasteiger partial charge on any atom is 0.261 e. The predicted octanol–water partition coefficient (Wildman–Crippen LogP) is 1.45. The van der Waals surface area contributed by atoms with E-state index in [4.69, 9.17) is 9.47 Å². The van der Waals surface area contributed by atoms with Gasteiger partial charge in [-0.15, -0.1) is 0 Å². The number of nitrogens with one attached hydrogen (secondary N) is 1. The van der Waals surface area contributed by atoms with Crippen molar-refractivity contribution in [3.05, 3.63) is 64.4 Å². The van der Waals surface area contributed by atoms with Crippen molar-refractivity contribution in [2.75, 3.05) is 39.4 Å². The Morgan fingerprint density at radius 1 is 0.906 bits per heavy atom. The minimum atomic E-state index is -3.75. The van der Waals surface area contributed by atoms with E-state index in [2.05, 4.69) is 4.98 Å². The highest BCUT2D eigenvalue weighted by Crippen LogP contribution is 2.33. The normalized spacial score (nSPS) is 16.8. The van der Waals surface area contributed by atoms with Crippen molar-refractivity contribution in [2.45, 2.75) is 4.90 Å². The third kappa shape index (κ3) is 3.61. The van der Waals surface area contributed by atoms with E-state index in [1.807, 2.05) is 12.1 Å². The molecule has 32 heavy (non-hydrogen) atoms. The number of rotatable bonds is 3. The smallest absolute Gasteiger partial charge is 0.261 e. The number of carbonyl (C=O) groups excluding carboxylic acids is 1. The van der Waals surface area contributed by atoms with E-state index in [1.54, 1.807) is 24.3 Å². The van der Waals surface area contributed by atoms with Crippen LogP contribution in [0.25, 0.3) is 10.9 Å². The number of piperazine rings is 1. The van der Waals surface area contributed by atoms with Crippen LogP contribution in [0.3, 0.4) is 0 Å². The second kappa shape index (κ2) is 7.95. The summed E-state index contributed by atoms with van der Waals surface area (Å²) in [6, 6.07) is 13.4. The number of aromatic nitrogens is 1. The maximum atomic E-state index is 13.1. The van der Waals surface area contributed by atoms with Gasteiger partial charge in [0.25, 0.3) is 11.5 Å². The highest BCUT2D eigenvalue weighted by Gasteiger charge is 2.32. The first-order valence-corrected chi connectivity index (χ1v) is 11.7. The van der Waals surface area contributed by atoms with E-state index in [-0.39, 0.29) is 36.6 Å². The number of amides is 1. The Kier molecular flexibility index (Phi) is 5.10. The standard InChI is InChI=1S/C22H21N3O6S/c26-21-17(13-15-3-1-2-4-18(15)23-21)22(27)24-7-9-25(10-8-24)32(28,29)16-5-6-19-20(14-16)31-12-11-30-19/h1-6,13-14H,7-12H2,(H,23,26). The number of ether oxygens (including phenoxy) is 2. The Hall–Kier alpha value is -3.37. The van der Waals surface area contributed by atoms with Gasteiger partial charge in [-0.2, -0.15) is 4.31 Å². The zero-order chi connectivity index (χ0) is 22.3. The minimum Gasteiger partial charge on any atom is -0.486 e. The van der Waals surface area contributed by atoms with Gasteiger partial charge in [0.15, 0.2) is 11.5 Å². The van der Waals surface area contributed by atoms with Crippen LogP contribution in [0.4, 0.5) is 0 Å². The lowest BCUT2D eigenvalue weighted by atomic mass is 10.1. The van der Waals surface area contributed by atoms with Crippen molar-refractivity contribution in [1.29, 1.82) is 0 Å². The molecule has 1 fully saturated rings. The molecule has 10 heteroatoms. The molecule has 0 aliphatic carbocycles. The number of carbonyl (C=O) groups is 1. The number of nitrogens with zero attached hydrogens (tertiary/aromatic N) is 2. The van der Waals surface area contributed by atoms with E-state index in [0.717, 1.165) is 5.39 Å². The van der Waals surface area contributed by atoms with Crippen LogP contribution in [0.2, 0.25) is 0 Å². The van der Waals surface area contributed by atoms with Gasteiger partial charge in [0.05, 0.1) is 4.90 Å². The van der Waals surface area contributed by atoms with Crippen LogP contribution in [0.1, 0.15) is 10.4 Å². The molecule has 0 radical (unpaired) electrons. The summed E-state index contributed by atoms with van der Waals surface area (Å²) in [4.78, 5) is 29.7. The number of pyridine rings is 1. The Morgan fingerprint density at radius 2 is 1.62 bits per heavy atom. The molecule has 1 amide bonds. The van der Waals surface area contributed by atoms with Crippen molar-refractivity contribution in [3.63, 3.8) is 0 Å². The van der Waals surface area contributed by atoms with Crippen LogP contribution in [0.15, 0.2) is 58.2 Å². The minimum absolute atomic E-state index is 0.0480. The lowest BCUT2D eigenvalue weighted by molar-refractivity contribution is 0.0696. The SMILES string of the molecule is O=C(c1cc2ccccc2[nH]c1=O)N1CCN(S(=O)(=O)c2ccc3c(c2)OCCO3)CC1. The fraction of sp³-hybridized carbons (Fsp3) is 0.273. The maximum absolute atomic E-state index is 13.1. The quantitative estimate of drug-likeness (QED) is 0.640. The highest BCUT2D eigenvalue weighted by molar-refractivity contribution is 7.89. The topological polar surface area (TPSA) is 109 Å². The Balaban J connectivity index is 1.32. The summed E-state index contributed by atoms with van der Waals surface area (Å²) in [6.07, 6.45) is 0. The molecule has 1 saturated heterocycles. The molecule has 1 N–H and O–H groups in total. The molecule has 0 saturated carbocycles. The van der Waals surface area contributed by atoms with Crippen LogP contribution >= 0.6 is 0 Å². The third-order valence-corrected chi connectivity index (χ3v) is 7.56. The van der Waals surface area contributed by atoms with Crippen molar-refractivity contribution in [1.82, 2.24) is 14.2 Å². The molecule has 166 valence electrons. The summed E-state index contributed by atoms with van der Waals surface area (Å²) in [5.74, 6) is 0.515. The fourth-order valence-electron chi connectivity index (χ4n) is 3.94. The second-order valence-corrected chi connectivity index (χ2v) is 9.54. The molecule has 0 atom stereocenters. The largest absolute Gasteiger partial charge is 0.486 e. The van der Waals surface area contributed by atoms with E-state index >= 15 is 0 Å². The van der Waals surface area contributed by atoms with E-state index in [0.29, 0.717) is 30.2 Å². The van der Waals surface area contributed by atoms with E-state index < -0.39 is 21.5 Å². The van der Waals surface area contributed by atoms with Crippen LogP contribution in [-0.2, 0) is 10.0 Å². The molecule has 1 aromatic heterocycles. The summed E-state index contributed by atoms with van der Waals surface area (Å²) in [6.45, 7) is 1.44. The van der Waals surface area contributed by atoms with Gasteiger partial charge in [0, 0.05) is 37.8 Å². The molecular formula is C22H21N3O6S. The van der Waals surface area contributed by atoms with Gasteiger partial charge in [0.2, 0.25) is 10.0 Å². The number of hydrogen-bond donors (Lipinski definition) is 1. The fourth-order valence-corrected chi connectivity index (χ4v) is 5.38. The summed E-state index contributed by atoms with van der Waals surface area (Å²) < 4.78 is 38.5. The van der Waals surface area contributed by atoms with Crippen molar-refractivity contribution in [2.24, 2.45) is 0 Å². The molecule has 3 heterocycles. The molecular weight excluding hydrogens is 434 g/mol. The average molecular weight is 455 g/mol. The van der Waals surface area contributed by atoms with Gasteiger partial charge in [-0.05, 0) is 29.7 Å². The van der Waals surface area contributed by atoms with Crippen molar-refractivity contribution in [3.8, 4) is 11.5 Å². The van der Waals surface area contributed by atoms with Crippen LogP contribution < -0.4 is 15.0 Å². The van der Waals surface area contributed by atoms with Crippen LogP contribution in [0.5, 0.6) is 11.5 Å². The molecule has 0 spiro atoms. The average Bonchev–Trinajstić information content (AvgIpc) is 2.83. The van der Waals surface area contributed by atoms with Crippen LogP contribution in [0, 0.1) is 0 Å². The van der Waals surface area contributed by atoms with Gasteiger partial charge in [-0.1, -0.05) is 18.2 Å². The first kappa shape index (κ1) is 20.5. The lowest BCUT2D eigenvalue weighted by Crippen LogP contribution is -2.51. The van der Waals surface area contributed by atoms with Gasteiger partial charge >= 0.3 is 0 Å². The van der Waals surface area contributed by atoms with E-state index in [1.165, 1.54) is 21.3 Å². The molecule has 3 aromatic rings. The second-order valence-electron chi connectivity index (χ2n) is 7.60. The number of hydrogen-bond acceptors (Lipinski definition) is 6. The number of para-hydroxylation sites is 1. The van der Waals surface area contributed by atoms with Crippen LogP contribution in [-0.4, -0.2) is 67.9 Å². The Bertz CT molecular complexity index is 1360. The summed E-state index contributed by atoms with van der Waals surface area (Å²) >= 11 is 0. The van der Waals surface area contributed by atoms with Crippen molar-refractivity contribution < 1.29 is 22.7 Å². The molecule has 2 aromatic carbocycles. The first-order valence-electron chi connectivity index (χ1n) is 10.2. The molecule has 5 rings (SSSR count). The molecule has 2 aliphatic rings. The predicted molar refractivity (Wildman–Crippen MR) is 117 cm³/mol. The van der Waals surface area contributed by atoms with Gasteiger partial charge in [0.1, 0.15) is 18.8 Å². The number of fused-ring (bicyclic) bond motifs is 2. The van der Waals surface area contributed by atoms with Crippen molar-refractivity contribution >= 4 is 26.8 Å². The molecule has 2 aliphatic heterocycles. The van der Waals surface area contributed by atoms with Gasteiger partial charge in [-0.3, -0.25) is 9.59 Å². The van der Waals surface area contributed by atoms with Gasteiger partial charge in [-0.25, -0.2) is 8.42 Å².